The van der Waals surface area contributed by atoms with Crippen LogP contribution in [-0.2, 0) is 0 Å². The lowest BCUT2D eigenvalue weighted by atomic mass is 9.83. The second-order valence-corrected chi connectivity index (χ2v) is 6.63. The first kappa shape index (κ1) is 13.1. The van der Waals surface area contributed by atoms with Gasteiger partial charge in [-0.25, -0.2) is 0 Å². The Balaban J connectivity index is 2.06. The average molecular weight is 295 g/mol. The van der Waals surface area contributed by atoms with E-state index in [0.717, 1.165) is 5.92 Å². The molecule has 1 unspecified atom stereocenters. The Labute approximate surface area is 114 Å². The number of rotatable bonds is 3. The SMILES string of the molecule is CC(C)C(Br)c1ccc(C2CCCCC2)cc1. The molecule has 0 saturated heterocycles. The van der Waals surface area contributed by atoms with Crippen molar-refractivity contribution in [2.24, 2.45) is 5.92 Å². The molecule has 1 aromatic carbocycles. The van der Waals surface area contributed by atoms with Crippen LogP contribution in [0, 0.1) is 5.92 Å². The van der Waals surface area contributed by atoms with Crippen molar-refractivity contribution in [1.29, 1.82) is 0 Å². The van der Waals surface area contributed by atoms with Gasteiger partial charge in [0.25, 0.3) is 0 Å². The summed E-state index contributed by atoms with van der Waals surface area (Å²) in [7, 11) is 0. The number of hydrogen-bond acceptors (Lipinski definition) is 0. The molecule has 94 valence electrons. The molecule has 17 heavy (non-hydrogen) atoms. The van der Waals surface area contributed by atoms with Crippen LogP contribution in [-0.4, -0.2) is 0 Å². The third-order valence-corrected chi connectivity index (χ3v) is 5.50. The van der Waals surface area contributed by atoms with Gasteiger partial charge in [0.1, 0.15) is 0 Å². The van der Waals surface area contributed by atoms with Crippen LogP contribution >= 0.6 is 15.9 Å². The van der Waals surface area contributed by atoms with Crippen molar-refractivity contribution in [3.05, 3.63) is 35.4 Å². The van der Waals surface area contributed by atoms with Gasteiger partial charge in [-0.2, -0.15) is 0 Å². The van der Waals surface area contributed by atoms with Gasteiger partial charge in [-0.1, -0.05) is 73.3 Å². The second kappa shape index (κ2) is 6.04. The van der Waals surface area contributed by atoms with Crippen LogP contribution in [0.2, 0.25) is 0 Å². The largest absolute Gasteiger partial charge is 0.0836 e. The predicted octanol–water partition coefficient (Wildman–Crippen LogP) is 5.83. The lowest BCUT2D eigenvalue weighted by Crippen LogP contribution is -2.05. The monoisotopic (exact) mass is 294 g/mol. The molecule has 2 rings (SSSR count). The topological polar surface area (TPSA) is 0 Å². The summed E-state index contributed by atoms with van der Waals surface area (Å²) in [5.74, 6) is 1.47. The van der Waals surface area contributed by atoms with Crippen LogP contribution in [0.4, 0.5) is 0 Å². The lowest BCUT2D eigenvalue weighted by Gasteiger charge is -2.22. The maximum absolute atomic E-state index is 3.77. The van der Waals surface area contributed by atoms with E-state index in [2.05, 4.69) is 54.0 Å². The van der Waals surface area contributed by atoms with Crippen molar-refractivity contribution < 1.29 is 0 Å². The quantitative estimate of drug-likeness (QED) is 0.616. The highest BCUT2D eigenvalue weighted by Gasteiger charge is 2.16. The van der Waals surface area contributed by atoms with Crippen LogP contribution in [0.15, 0.2) is 24.3 Å². The third-order valence-electron chi connectivity index (χ3n) is 3.92. The summed E-state index contributed by atoms with van der Waals surface area (Å²) in [6, 6.07) is 9.32. The Hall–Kier alpha value is -0.300. The summed E-state index contributed by atoms with van der Waals surface area (Å²) in [4.78, 5) is 0.489. The third kappa shape index (κ3) is 3.34. The summed E-state index contributed by atoms with van der Waals surface area (Å²) < 4.78 is 0. The minimum atomic E-state index is 0.489. The fourth-order valence-corrected chi connectivity index (χ4v) is 3.08. The molecule has 0 heterocycles. The zero-order valence-corrected chi connectivity index (χ0v) is 12.5. The Morgan fingerprint density at radius 3 is 2.12 bits per heavy atom. The molecule has 0 radical (unpaired) electrons. The van der Waals surface area contributed by atoms with Gasteiger partial charge in [-0.3, -0.25) is 0 Å². The number of benzene rings is 1. The van der Waals surface area contributed by atoms with E-state index >= 15 is 0 Å². The highest BCUT2D eigenvalue weighted by Crippen LogP contribution is 2.35. The van der Waals surface area contributed by atoms with E-state index in [9.17, 15) is 0 Å². The molecule has 1 aliphatic carbocycles. The minimum absolute atomic E-state index is 0.489. The molecule has 0 spiro atoms. The molecule has 0 aromatic heterocycles. The summed E-state index contributed by atoms with van der Waals surface area (Å²) in [5, 5.41) is 0. The number of halogens is 1. The smallest absolute Gasteiger partial charge is 0.0418 e. The molecule has 0 nitrogen and oxygen atoms in total. The Bertz CT molecular complexity index is 333. The van der Waals surface area contributed by atoms with Gasteiger partial charge in [0.2, 0.25) is 0 Å². The van der Waals surface area contributed by atoms with Gasteiger partial charge in [-0.15, -0.1) is 0 Å². The van der Waals surface area contributed by atoms with E-state index in [4.69, 9.17) is 0 Å². The van der Waals surface area contributed by atoms with Crippen molar-refractivity contribution >= 4 is 15.9 Å². The molecule has 1 atom stereocenters. The maximum atomic E-state index is 3.77. The standard InChI is InChI=1S/C16H23Br/c1-12(2)16(17)15-10-8-14(9-11-15)13-6-4-3-5-7-13/h8-13,16H,3-7H2,1-2H3. The summed E-state index contributed by atoms with van der Waals surface area (Å²) in [6.45, 7) is 4.52. The first-order valence-corrected chi connectivity index (χ1v) is 7.84. The molecule has 1 aliphatic rings. The highest BCUT2D eigenvalue weighted by molar-refractivity contribution is 9.09. The van der Waals surface area contributed by atoms with Crippen LogP contribution in [0.1, 0.15) is 67.8 Å². The highest BCUT2D eigenvalue weighted by atomic mass is 79.9. The van der Waals surface area contributed by atoms with E-state index in [1.165, 1.54) is 37.7 Å². The van der Waals surface area contributed by atoms with Gasteiger partial charge in [0.05, 0.1) is 0 Å². The number of hydrogen-bond donors (Lipinski definition) is 0. The summed E-state index contributed by atoms with van der Waals surface area (Å²) in [6.07, 6.45) is 7.05. The molecular weight excluding hydrogens is 272 g/mol. The molecule has 0 bridgehead atoms. The van der Waals surface area contributed by atoms with Crippen LogP contribution < -0.4 is 0 Å². The Morgan fingerprint density at radius 2 is 1.59 bits per heavy atom. The molecular formula is C16H23Br. The van der Waals surface area contributed by atoms with Gasteiger partial charge < -0.3 is 0 Å². The van der Waals surface area contributed by atoms with Crippen molar-refractivity contribution in [3.8, 4) is 0 Å². The minimum Gasteiger partial charge on any atom is -0.0836 e. The molecule has 1 heteroatoms. The van der Waals surface area contributed by atoms with Crippen molar-refractivity contribution in [2.45, 2.75) is 56.7 Å². The molecule has 1 saturated carbocycles. The fraction of sp³-hybridized carbons (Fsp3) is 0.625. The van der Waals surface area contributed by atoms with E-state index in [0.29, 0.717) is 10.7 Å². The summed E-state index contributed by atoms with van der Waals surface area (Å²) >= 11 is 3.77. The van der Waals surface area contributed by atoms with Gasteiger partial charge in [0.15, 0.2) is 0 Å². The maximum Gasteiger partial charge on any atom is 0.0418 e. The van der Waals surface area contributed by atoms with E-state index in [-0.39, 0.29) is 0 Å². The Kier molecular flexibility index (Phi) is 4.67. The van der Waals surface area contributed by atoms with Crippen LogP contribution in [0.5, 0.6) is 0 Å². The molecule has 0 aliphatic heterocycles. The summed E-state index contributed by atoms with van der Waals surface area (Å²) in [5.41, 5.74) is 2.97. The lowest BCUT2D eigenvalue weighted by molar-refractivity contribution is 0.443. The normalized spacial score (nSPS) is 19.5. The first-order valence-electron chi connectivity index (χ1n) is 6.92. The fourth-order valence-electron chi connectivity index (χ4n) is 2.77. The number of alkyl halides is 1. The van der Waals surface area contributed by atoms with Crippen LogP contribution in [0.25, 0.3) is 0 Å². The Morgan fingerprint density at radius 1 is 1.00 bits per heavy atom. The molecule has 1 aromatic rings. The van der Waals surface area contributed by atoms with Gasteiger partial charge >= 0.3 is 0 Å². The zero-order valence-electron chi connectivity index (χ0n) is 11.0. The van der Waals surface area contributed by atoms with E-state index in [1.807, 2.05) is 0 Å². The van der Waals surface area contributed by atoms with Crippen molar-refractivity contribution in [2.75, 3.05) is 0 Å². The molecule has 0 amide bonds. The van der Waals surface area contributed by atoms with Crippen molar-refractivity contribution in [3.63, 3.8) is 0 Å². The van der Waals surface area contributed by atoms with E-state index in [1.54, 1.807) is 5.56 Å². The second-order valence-electron chi connectivity index (χ2n) is 5.65. The zero-order chi connectivity index (χ0) is 12.3. The van der Waals surface area contributed by atoms with Crippen molar-refractivity contribution in [1.82, 2.24) is 0 Å². The van der Waals surface area contributed by atoms with Gasteiger partial charge in [-0.05, 0) is 35.8 Å². The van der Waals surface area contributed by atoms with Crippen LogP contribution in [0.3, 0.4) is 0 Å². The first-order chi connectivity index (χ1) is 8.18. The molecule has 1 fully saturated rings. The predicted molar refractivity (Wildman–Crippen MR) is 78.8 cm³/mol. The van der Waals surface area contributed by atoms with Gasteiger partial charge in [0, 0.05) is 4.83 Å². The average Bonchev–Trinajstić information content (AvgIpc) is 2.39. The molecule has 0 N–H and O–H groups in total. The van der Waals surface area contributed by atoms with E-state index < -0.39 is 0 Å².